The Morgan fingerprint density at radius 1 is 1.09 bits per heavy atom. The van der Waals surface area contributed by atoms with Crippen LogP contribution in [0.1, 0.15) is 54.4 Å². The summed E-state index contributed by atoms with van der Waals surface area (Å²) in [7, 11) is 0. The Morgan fingerprint density at radius 2 is 1.88 bits per heavy atom. The van der Waals surface area contributed by atoms with Gasteiger partial charge in [-0.1, -0.05) is 24.3 Å². The molecule has 1 aromatic carbocycles. The molecule has 5 rings (SSSR count). The normalized spacial score (nSPS) is 22.3. The molecule has 1 aliphatic heterocycles. The van der Waals surface area contributed by atoms with E-state index in [4.69, 9.17) is 4.74 Å². The van der Waals surface area contributed by atoms with Crippen molar-refractivity contribution in [2.45, 2.75) is 51.2 Å². The number of nitrogens with one attached hydrogen (secondary N) is 2. The molecule has 2 aromatic rings. The third-order valence-corrected chi connectivity index (χ3v) is 6.74. The minimum Gasteiger partial charge on any atom is -0.474 e. The van der Waals surface area contributed by atoms with E-state index in [9.17, 15) is 14.4 Å². The summed E-state index contributed by atoms with van der Waals surface area (Å²) in [5, 5.41) is 4.15. The standard InChI is InChI=1S/C26H28N4O4/c31-24(28-16-17-12-13-23(27-15-17)34-20-8-1-2-9-20)18-6-5-7-19(14-18)30-26(33)22-11-4-3-10-21(22)25(32)29-30/h3-7,12-15,20-22H,1-2,8-11,16H2,(H,28,31)(H,29,32). The monoisotopic (exact) mass is 460 g/mol. The number of allylic oxidation sites excluding steroid dienone is 2. The van der Waals surface area contributed by atoms with Gasteiger partial charge in [0, 0.05) is 24.4 Å². The summed E-state index contributed by atoms with van der Waals surface area (Å²) in [6.07, 6.45) is 11.5. The SMILES string of the molecule is O=C(NCc1ccc(OC2CCCC2)nc1)c1cccc(N2NC(=O)C3CC=CCC3C2=O)c1. The average molecular weight is 461 g/mol. The van der Waals surface area contributed by atoms with Crippen LogP contribution in [-0.2, 0) is 16.1 Å². The van der Waals surface area contributed by atoms with Gasteiger partial charge in [-0.15, -0.1) is 0 Å². The number of anilines is 1. The quantitative estimate of drug-likeness (QED) is 0.645. The van der Waals surface area contributed by atoms with E-state index >= 15 is 0 Å². The topological polar surface area (TPSA) is 101 Å². The summed E-state index contributed by atoms with van der Waals surface area (Å²) in [5.41, 5.74) is 4.42. The number of carbonyl (C=O) groups excluding carboxylic acids is 3. The first-order chi connectivity index (χ1) is 16.6. The fraction of sp³-hybridized carbons (Fsp3) is 0.385. The van der Waals surface area contributed by atoms with Gasteiger partial charge < -0.3 is 10.1 Å². The number of benzene rings is 1. The smallest absolute Gasteiger partial charge is 0.251 e. The molecule has 2 atom stereocenters. The van der Waals surface area contributed by atoms with Crippen LogP contribution in [0.3, 0.4) is 0 Å². The van der Waals surface area contributed by atoms with E-state index in [1.807, 2.05) is 24.3 Å². The second kappa shape index (κ2) is 9.67. The highest BCUT2D eigenvalue weighted by Gasteiger charge is 2.42. The highest BCUT2D eigenvalue weighted by Crippen LogP contribution is 2.32. The number of aromatic nitrogens is 1. The number of fused-ring (bicyclic) bond motifs is 1. The molecular weight excluding hydrogens is 432 g/mol. The molecule has 8 heteroatoms. The van der Waals surface area contributed by atoms with Crippen LogP contribution in [0.4, 0.5) is 5.69 Å². The molecule has 3 aliphatic rings. The molecule has 2 unspecified atom stereocenters. The number of pyridine rings is 1. The molecule has 0 spiro atoms. The molecule has 3 amide bonds. The fourth-order valence-electron chi connectivity index (χ4n) is 4.82. The molecule has 2 heterocycles. The van der Waals surface area contributed by atoms with Crippen molar-refractivity contribution in [3.8, 4) is 5.88 Å². The number of hydrazine groups is 1. The first-order valence-corrected chi connectivity index (χ1v) is 11.9. The molecule has 1 saturated heterocycles. The molecular formula is C26H28N4O4. The van der Waals surface area contributed by atoms with Gasteiger partial charge in [-0.05, 0) is 62.3 Å². The van der Waals surface area contributed by atoms with Gasteiger partial charge in [-0.25, -0.2) is 9.99 Å². The van der Waals surface area contributed by atoms with E-state index < -0.39 is 0 Å². The minimum atomic E-state index is -0.371. The minimum absolute atomic E-state index is 0.155. The molecule has 8 nitrogen and oxygen atoms in total. The predicted octanol–water partition coefficient (Wildman–Crippen LogP) is 3.29. The summed E-state index contributed by atoms with van der Waals surface area (Å²) in [4.78, 5) is 42.6. The molecule has 34 heavy (non-hydrogen) atoms. The van der Waals surface area contributed by atoms with Crippen LogP contribution < -0.4 is 20.5 Å². The second-order valence-corrected chi connectivity index (χ2v) is 9.07. The van der Waals surface area contributed by atoms with E-state index in [1.54, 1.807) is 30.5 Å². The van der Waals surface area contributed by atoms with Gasteiger partial charge in [0.1, 0.15) is 6.10 Å². The van der Waals surface area contributed by atoms with Crippen LogP contribution in [0.25, 0.3) is 0 Å². The Balaban J connectivity index is 1.21. The van der Waals surface area contributed by atoms with Crippen molar-refractivity contribution in [3.63, 3.8) is 0 Å². The Labute approximate surface area is 198 Å². The Hall–Kier alpha value is -3.68. The van der Waals surface area contributed by atoms with Gasteiger partial charge in [0.05, 0.1) is 17.5 Å². The van der Waals surface area contributed by atoms with Gasteiger partial charge in [-0.2, -0.15) is 0 Å². The van der Waals surface area contributed by atoms with Crippen LogP contribution in [-0.4, -0.2) is 28.8 Å². The predicted molar refractivity (Wildman–Crippen MR) is 126 cm³/mol. The van der Waals surface area contributed by atoms with Crippen LogP contribution in [0.2, 0.25) is 0 Å². The zero-order valence-corrected chi connectivity index (χ0v) is 18.9. The van der Waals surface area contributed by atoms with Gasteiger partial charge in [0.2, 0.25) is 17.7 Å². The maximum atomic E-state index is 13.0. The zero-order chi connectivity index (χ0) is 23.5. The van der Waals surface area contributed by atoms with Crippen molar-refractivity contribution in [1.29, 1.82) is 0 Å². The van der Waals surface area contributed by atoms with Gasteiger partial charge in [0.25, 0.3) is 5.91 Å². The summed E-state index contributed by atoms with van der Waals surface area (Å²) in [6, 6.07) is 10.4. The number of amides is 3. The highest BCUT2D eigenvalue weighted by molar-refractivity contribution is 6.05. The van der Waals surface area contributed by atoms with Crippen molar-refractivity contribution in [2.75, 3.05) is 5.01 Å². The summed E-state index contributed by atoms with van der Waals surface area (Å²) < 4.78 is 5.88. The summed E-state index contributed by atoms with van der Waals surface area (Å²) in [6.45, 7) is 0.315. The zero-order valence-electron chi connectivity index (χ0n) is 18.9. The Bertz CT molecular complexity index is 1110. The third kappa shape index (κ3) is 4.66. The van der Waals surface area contributed by atoms with Crippen molar-refractivity contribution in [3.05, 3.63) is 65.9 Å². The average Bonchev–Trinajstić information content (AvgIpc) is 3.39. The van der Waals surface area contributed by atoms with Gasteiger partial charge >= 0.3 is 0 Å². The number of rotatable bonds is 6. The van der Waals surface area contributed by atoms with Crippen LogP contribution >= 0.6 is 0 Å². The third-order valence-electron chi connectivity index (χ3n) is 6.74. The Kier molecular flexibility index (Phi) is 6.29. The van der Waals surface area contributed by atoms with E-state index in [1.165, 1.54) is 17.9 Å². The maximum Gasteiger partial charge on any atom is 0.251 e. The number of hydrogen-bond acceptors (Lipinski definition) is 5. The van der Waals surface area contributed by atoms with E-state index in [2.05, 4.69) is 15.7 Å². The molecule has 0 bridgehead atoms. The van der Waals surface area contributed by atoms with Gasteiger partial charge in [-0.3, -0.25) is 19.8 Å². The first-order valence-electron chi connectivity index (χ1n) is 11.9. The lowest BCUT2D eigenvalue weighted by Crippen LogP contribution is -2.59. The van der Waals surface area contributed by atoms with Crippen LogP contribution in [0.5, 0.6) is 5.88 Å². The molecule has 2 fully saturated rings. The molecule has 0 radical (unpaired) electrons. The fourth-order valence-corrected chi connectivity index (χ4v) is 4.82. The van der Waals surface area contributed by atoms with E-state index in [0.29, 0.717) is 36.5 Å². The van der Waals surface area contributed by atoms with Crippen LogP contribution in [0.15, 0.2) is 54.7 Å². The molecule has 176 valence electrons. The number of ether oxygens (including phenoxy) is 1. The van der Waals surface area contributed by atoms with E-state index in [-0.39, 0.29) is 35.7 Å². The van der Waals surface area contributed by atoms with Crippen molar-refractivity contribution >= 4 is 23.4 Å². The first kappa shape index (κ1) is 22.1. The lowest BCUT2D eigenvalue weighted by atomic mass is 9.80. The van der Waals surface area contributed by atoms with Crippen molar-refractivity contribution in [1.82, 2.24) is 15.7 Å². The molecule has 1 saturated carbocycles. The molecule has 2 aliphatic carbocycles. The highest BCUT2D eigenvalue weighted by atomic mass is 16.5. The number of carbonyl (C=O) groups is 3. The molecule has 1 aromatic heterocycles. The lowest BCUT2D eigenvalue weighted by Gasteiger charge is -2.38. The lowest BCUT2D eigenvalue weighted by molar-refractivity contribution is -0.139. The van der Waals surface area contributed by atoms with Crippen LogP contribution in [0, 0.1) is 11.8 Å². The number of nitrogens with zero attached hydrogens (tertiary/aromatic N) is 2. The van der Waals surface area contributed by atoms with Crippen molar-refractivity contribution < 1.29 is 19.1 Å². The Morgan fingerprint density at radius 3 is 2.65 bits per heavy atom. The van der Waals surface area contributed by atoms with E-state index in [0.717, 1.165) is 18.4 Å². The summed E-state index contributed by atoms with van der Waals surface area (Å²) in [5.74, 6) is -0.691. The largest absolute Gasteiger partial charge is 0.474 e. The molecule has 2 N–H and O–H groups in total. The number of hydrogen-bond donors (Lipinski definition) is 2. The maximum absolute atomic E-state index is 13.0. The second-order valence-electron chi connectivity index (χ2n) is 9.07. The van der Waals surface area contributed by atoms with Gasteiger partial charge in [0.15, 0.2) is 0 Å². The van der Waals surface area contributed by atoms with Crippen molar-refractivity contribution in [2.24, 2.45) is 11.8 Å². The summed E-state index contributed by atoms with van der Waals surface area (Å²) >= 11 is 0.